The zero-order valence-corrected chi connectivity index (χ0v) is 18.0. The lowest BCUT2D eigenvalue weighted by Gasteiger charge is -2.12. The fraction of sp³-hybridized carbons (Fsp3) is 0.400. The van der Waals surface area contributed by atoms with E-state index < -0.39 is 0 Å². The van der Waals surface area contributed by atoms with E-state index in [2.05, 4.69) is 48.5 Å². The van der Waals surface area contributed by atoms with Crippen molar-refractivity contribution >= 4 is 47.0 Å². The van der Waals surface area contributed by atoms with E-state index in [0.29, 0.717) is 0 Å². The summed E-state index contributed by atoms with van der Waals surface area (Å²) in [6.45, 7) is 3.18. The number of benzene rings is 2. The number of fused-ring (bicyclic) bond motifs is 2. The van der Waals surface area contributed by atoms with Gasteiger partial charge < -0.3 is 9.47 Å². The molecule has 0 radical (unpaired) electrons. The number of ether oxygens (including phenoxy) is 2. The van der Waals surface area contributed by atoms with Crippen molar-refractivity contribution in [2.75, 3.05) is 49.4 Å². The predicted octanol–water partition coefficient (Wildman–Crippen LogP) is 5.80. The minimum atomic E-state index is 0.795. The highest BCUT2D eigenvalue weighted by atomic mass is 32.2. The molecular weight excluding hydrogens is 400 g/mol. The van der Waals surface area contributed by atoms with E-state index in [0.717, 1.165) is 49.4 Å². The van der Waals surface area contributed by atoms with Crippen LogP contribution >= 0.6 is 47.0 Å². The van der Waals surface area contributed by atoms with E-state index in [1.807, 2.05) is 47.0 Å². The van der Waals surface area contributed by atoms with Gasteiger partial charge in [0.15, 0.2) is 0 Å². The summed E-state index contributed by atoms with van der Waals surface area (Å²) in [4.78, 5) is 5.39. The molecule has 0 saturated heterocycles. The molecule has 0 N–H and O–H groups in total. The van der Waals surface area contributed by atoms with Crippen molar-refractivity contribution in [3.05, 3.63) is 48.5 Å². The van der Waals surface area contributed by atoms with Crippen molar-refractivity contribution in [2.24, 2.45) is 0 Å². The van der Waals surface area contributed by atoms with Crippen LogP contribution in [0, 0.1) is 0 Å². The first-order valence-corrected chi connectivity index (χ1v) is 12.7. The molecule has 3 rings (SSSR count). The lowest BCUT2D eigenvalue weighted by Crippen LogP contribution is -2.03. The van der Waals surface area contributed by atoms with Gasteiger partial charge in [0, 0.05) is 42.6 Å². The molecule has 140 valence electrons. The van der Waals surface area contributed by atoms with Crippen molar-refractivity contribution in [3.8, 4) is 0 Å². The van der Waals surface area contributed by atoms with E-state index in [4.69, 9.17) is 9.47 Å². The average molecular weight is 425 g/mol. The molecule has 2 aromatic rings. The zero-order valence-electron chi connectivity index (χ0n) is 14.7. The minimum Gasteiger partial charge on any atom is -0.380 e. The molecule has 0 atom stereocenters. The fourth-order valence-electron chi connectivity index (χ4n) is 2.42. The Kier molecular flexibility index (Phi) is 9.67. The van der Waals surface area contributed by atoms with Gasteiger partial charge in [-0.25, -0.2) is 0 Å². The van der Waals surface area contributed by atoms with Crippen molar-refractivity contribution < 1.29 is 9.47 Å². The summed E-state index contributed by atoms with van der Waals surface area (Å²) in [7, 11) is 0. The highest BCUT2D eigenvalue weighted by Gasteiger charge is 2.06. The summed E-state index contributed by atoms with van der Waals surface area (Å²) in [5.41, 5.74) is 0. The van der Waals surface area contributed by atoms with Gasteiger partial charge in [0.05, 0.1) is 26.4 Å². The summed E-state index contributed by atoms with van der Waals surface area (Å²) in [5.74, 6) is 3.96. The van der Waals surface area contributed by atoms with Gasteiger partial charge in [-0.3, -0.25) is 0 Å². The topological polar surface area (TPSA) is 18.5 Å². The van der Waals surface area contributed by atoms with Gasteiger partial charge in [-0.15, -0.1) is 47.0 Å². The smallest absolute Gasteiger partial charge is 0.0560 e. The molecule has 0 saturated carbocycles. The number of thioether (sulfide) groups is 4. The molecule has 1 aliphatic heterocycles. The lowest BCUT2D eigenvalue weighted by molar-refractivity contribution is 0.167. The fourth-order valence-corrected chi connectivity index (χ4v) is 6.36. The summed E-state index contributed by atoms with van der Waals surface area (Å²) < 4.78 is 11.7. The van der Waals surface area contributed by atoms with Crippen LogP contribution in [0.4, 0.5) is 0 Å². The van der Waals surface area contributed by atoms with E-state index in [-0.39, 0.29) is 0 Å². The van der Waals surface area contributed by atoms with Crippen molar-refractivity contribution in [1.82, 2.24) is 0 Å². The summed E-state index contributed by atoms with van der Waals surface area (Å²) in [5, 5.41) is 0. The minimum absolute atomic E-state index is 0.795. The third-order valence-electron chi connectivity index (χ3n) is 3.64. The molecule has 6 heteroatoms. The van der Waals surface area contributed by atoms with Gasteiger partial charge >= 0.3 is 0 Å². The van der Waals surface area contributed by atoms with Gasteiger partial charge in [0.25, 0.3) is 0 Å². The standard InChI is InChI=1S/C20H24O2S4/c1-2-6-18-17(5-1)23-13-9-21-11-15-25-19-7-3-4-8-20(19)26-16-12-22-10-14-24-18/h1-8H,9-16H2. The van der Waals surface area contributed by atoms with E-state index in [1.165, 1.54) is 19.6 Å². The second-order valence-electron chi connectivity index (χ2n) is 5.51. The SMILES string of the molecule is c1ccc2c(c1)SCCOCCSc1ccccc1SCCOCCS2. The highest BCUT2D eigenvalue weighted by molar-refractivity contribution is 8.02. The molecule has 0 bridgehead atoms. The van der Waals surface area contributed by atoms with E-state index in [9.17, 15) is 0 Å². The normalized spacial score (nSPS) is 18.2. The molecule has 26 heavy (non-hydrogen) atoms. The maximum Gasteiger partial charge on any atom is 0.0560 e. The molecule has 1 aliphatic rings. The predicted molar refractivity (Wildman–Crippen MR) is 117 cm³/mol. The van der Waals surface area contributed by atoms with Crippen molar-refractivity contribution in [2.45, 2.75) is 19.6 Å². The summed E-state index contributed by atoms with van der Waals surface area (Å²) >= 11 is 7.53. The monoisotopic (exact) mass is 424 g/mol. The second kappa shape index (κ2) is 12.3. The summed E-state index contributed by atoms with van der Waals surface area (Å²) in [6.07, 6.45) is 0. The Hall–Kier alpha value is -0.240. The van der Waals surface area contributed by atoms with Gasteiger partial charge in [-0.1, -0.05) is 24.3 Å². The molecule has 1 heterocycles. The van der Waals surface area contributed by atoms with Crippen LogP contribution in [-0.4, -0.2) is 49.4 Å². The van der Waals surface area contributed by atoms with Crippen LogP contribution < -0.4 is 0 Å². The third-order valence-corrected chi connectivity index (χ3v) is 8.05. The summed E-state index contributed by atoms with van der Waals surface area (Å²) in [6, 6.07) is 17.3. The molecule has 0 unspecified atom stereocenters. The Morgan fingerprint density at radius 1 is 0.462 bits per heavy atom. The maximum absolute atomic E-state index is 5.83. The van der Waals surface area contributed by atoms with Gasteiger partial charge in [0.1, 0.15) is 0 Å². The Balaban J connectivity index is 1.56. The number of hydrogen-bond donors (Lipinski definition) is 0. The first kappa shape index (κ1) is 20.5. The van der Waals surface area contributed by atoms with Crippen LogP contribution in [0.5, 0.6) is 0 Å². The number of rotatable bonds is 0. The van der Waals surface area contributed by atoms with Crippen LogP contribution in [0.25, 0.3) is 0 Å². The number of hydrogen-bond acceptors (Lipinski definition) is 6. The van der Waals surface area contributed by atoms with Crippen molar-refractivity contribution in [3.63, 3.8) is 0 Å². The van der Waals surface area contributed by atoms with Crippen LogP contribution in [0.1, 0.15) is 0 Å². The van der Waals surface area contributed by atoms with Crippen LogP contribution in [0.15, 0.2) is 68.1 Å². The molecule has 2 nitrogen and oxygen atoms in total. The van der Waals surface area contributed by atoms with E-state index >= 15 is 0 Å². The van der Waals surface area contributed by atoms with Gasteiger partial charge in [-0.2, -0.15) is 0 Å². The average Bonchev–Trinajstić information content (AvgIpc) is 2.68. The highest BCUT2D eigenvalue weighted by Crippen LogP contribution is 2.32. The molecule has 0 aromatic heterocycles. The van der Waals surface area contributed by atoms with E-state index in [1.54, 1.807) is 0 Å². The van der Waals surface area contributed by atoms with Crippen LogP contribution in [0.3, 0.4) is 0 Å². The first-order chi connectivity index (χ1) is 12.9. The molecule has 2 aromatic carbocycles. The Morgan fingerprint density at radius 2 is 0.731 bits per heavy atom. The van der Waals surface area contributed by atoms with Crippen molar-refractivity contribution in [1.29, 1.82) is 0 Å². The first-order valence-electron chi connectivity index (χ1n) is 8.78. The second-order valence-corrected chi connectivity index (χ2v) is 10.1. The lowest BCUT2D eigenvalue weighted by atomic mass is 10.4. The Morgan fingerprint density at radius 3 is 1.00 bits per heavy atom. The molecule has 0 amide bonds. The van der Waals surface area contributed by atoms with Gasteiger partial charge in [-0.05, 0) is 24.3 Å². The molecular formula is C20H24O2S4. The van der Waals surface area contributed by atoms with Crippen LogP contribution in [-0.2, 0) is 9.47 Å². The Labute approximate surface area is 173 Å². The van der Waals surface area contributed by atoms with Crippen LogP contribution in [0.2, 0.25) is 0 Å². The molecule has 0 spiro atoms. The molecule has 0 aliphatic carbocycles. The van der Waals surface area contributed by atoms with Gasteiger partial charge in [0.2, 0.25) is 0 Å². The quantitative estimate of drug-likeness (QED) is 0.528. The zero-order chi connectivity index (χ0) is 17.9. The third kappa shape index (κ3) is 7.06. The molecule has 0 fully saturated rings. The largest absolute Gasteiger partial charge is 0.380 e. The maximum atomic E-state index is 5.83. The Bertz CT molecular complexity index is 554.